The van der Waals surface area contributed by atoms with Crippen LogP contribution in [0.3, 0.4) is 0 Å². The molecule has 5 nitrogen and oxygen atoms in total. The Morgan fingerprint density at radius 1 is 1.25 bits per heavy atom. The summed E-state index contributed by atoms with van der Waals surface area (Å²) in [7, 11) is 3.49. The van der Waals surface area contributed by atoms with Crippen LogP contribution in [0, 0.1) is 0 Å². The molecule has 0 radical (unpaired) electrons. The number of nitrogens with zero attached hydrogens (tertiary/aromatic N) is 2. The maximum Gasteiger partial charge on any atom is 0.243 e. The standard InChI is InChI=1S/C18H30N4O.HI/c1-5-15(2)21-18(20-14-17(23)22(3)4)19-13-9-12-16-10-7-6-8-11-16;/h6-8,10-11,15H,5,9,12-14H2,1-4H3,(H2,19,20,21);1H. The molecule has 0 saturated carbocycles. The van der Waals surface area contributed by atoms with Crippen LogP contribution in [0.4, 0.5) is 0 Å². The van der Waals surface area contributed by atoms with E-state index in [1.165, 1.54) is 5.56 Å². The highest BCUT2D eigenvalue weighted by atomic mass is 127. The minimum Gasteiger partial charge on any atom is -0.356 e. The highest BCUT2D eigenvalue weighted by Gasteiger charge is 2.06. The van der Waals surface area contributed by atoms with E-state index in [0.717, 1.165) is 25.8 Å². The monoisotopic (exact) mass is 446 g/mol. The van der Waals surface area contributed by atoms with E-state index < -0.39 is 0 Å². The van der Waals surface area contributed by atoms with Gasteiger partial charge < -0.3 is 15.5 Å². The molecule has 136 valence electrons. The van der Waals surface area contributed by atoms with Crippen molar-refractivity contribution in [3.63, 3.8) is 0 Å². The third-order valence-corrected chi connectivity index (χ3v) is 3.64. The second kappa shape index (κ2) is 13.0. The minimum absolute atomic E-state index is 0. The highest BCUT2D eigenvalue weighted by Crippen LogP contribution is 2.01. The quantitative estimate of drug-likeness (QED) is 0.280. The normalized spacial score (nSPS) is 12.1. The summed E-state index contributed by atoms with van der Waals surface area (Å²) in [6.07, 6.45) is 3.06. The van der Waals surface area contributed by atoms with Gasteiger partial charge in [-0.3, -0.25) is 4.79 Å². The van der Waals surface area contributed by atoms with Crippen molar-refractivity contribution >= 4 is 35.8 Å². The Labute approximate surface area is 163 Å². The summed E-state index contributed by atoms with van der Waals surface area (Å²) >= 11 is 0. The molecule has 0 aliphatic heterocycles. The summed E-state index contributed by atoms with van der Waals surface area (Å²) in [5.41, 5.74) is 1.34. The molecule has 0 aliphatic carbocycles. The van der Waals surface area contributed by atoms with Crippen molar-refractivity contribution in [1.82, 2.24) is 15.5 Å². The number of hydrogen-bond acceptors (Lipinski definition) is 2. The van der Waals surface area contributed by atoms with Gasteiger partial charge in [-0.05, 0) is 31.7 Å². The van der Waals surface area contributed by atoms with E-state index in [1.807, 2.05) is 6.07 Å². The summed E-state index contributed by atoms with van der Waals surface area (Å²) < 4.78 is 0. The first-order chi connectivity index (χ1) is 11.0. The van der Waals surface area contributed by atoms with E-state index in [-0.39, 0.29) is 36.4 Å². The van der Waals surface area contributed by atoms with E-state index in [0.29, 0.717) is 12.0 Å². The van der Waals surface area contributed by atoms with Crippen LogP contribution >= 0.6 is 24.0 Å². The lowest BCUT2D eigenvalue weighted by molar-refractivity contribution is -0.127. The first-order valence-electron chi connectivity index (χ1n) is 8.31. The fourth-order valence-corrected chi connectivity index (χ4v) is 1.92. The molecule has 1 unspecified atom stereocenters. The SMILES string of the molecule is CCC(C)NC(=NCC(=O)N(C)C)NCCCc1ccccc1.I. The van der Waals surface area contributed by atoms with Crippen molar-refractivity contribution in [2.75, 3.05) is 27.2 Å². The zero-order chi connectivity index (χ0) is 17.1. The van der Waals surface area contributed by atoms with Crippen molar-refractivity contribution in [2.24, 2.45) is 4.99 Å². The molecule has 6 heteroatoms. The van der Waals surface area contributed by atoms with Gasteiger partial charge in [0.05, 0.1) is 0 Å². The van der Waals surface area contributed by atoms with Crippen LogP contribution in [-0.4, -0.2) is 50.0 Å². The zero-order valence-corrected chi connectivity index (χ0v) is 17.5. The maximum absolute atomic E-state index is 11.7. The summed E-state index contributed by atoms with van der Waals surface area (Å²) in [5, 5.41) is 6.65. The van der Waals surface area contributed by atoms with E-state index in [2.05, 4.69) is 53.7 Å². The van der Waals surface area contributed by atoms with Gasteiger partial charge in [-0.15, -0.1) is 24.0 Å². The topological polar surface area (TPSA) is 56.7 Å². The largest absolute Gasteiger partial charge is 0.356 e. The first-order valence-corrected chi connectivity index (χ1v) is 8.31. The summed E-state index contributed by atoms with van der Waals surface area (Å²) in [6, 6.07) is 10.8. The van der Waals surface area contributed by atoms with Crippen LogP contribution in [0.25, 0.3) is 0 Å². The average molecular weight is 446 g/mol. The predicted molar refractivity (Wildman–Crippen MR) is 112 cm³/mol. The smallest absolute Gasteiger partial charge is 0.243 e. The van der Waals surface area contributed by atoms with E-state index in [1.54, 1.807) is 19.0 Å². The van der Waals surface area contributed by atoms with E-state index >= 15 is 0 Å². The minimum atomic E-state index is -0.000429. The van der Waals surface area contributed by atoms with Crippen LogP contribution in [0.15, 0.2) is 35.3 Å². The van der Waals surface area contributed by atoms with Crippen LogP contribution in [0.2, 0.25) is 0 Å². The number of amides is 1. The number of rotatable bonds is 8. The first kappa shape index (κ1) is 22.7. The number of nitrogens with one attached hydrogen (secondary N) is 2. The third-order valence-electron chi connectivity index (χ3n) is 3.64. The Bertz CT molecular complexity index is 491. The van der Waals surface area contributed by atoms with Gasteiger partial charge in [0.1, 0.15) is 6.54 Å². The summed E-state index contributed by atoms with van der Waals surface area (Å²) in [6.45, 7) is 5.22. The van der Waals surface area contributed by atoms with Crippen molar-refractivity contribution < 1.29 is 4.79 Å². The van der Waals surface area contributed by atoms with E-state index in [9.17, 15) is 4.79 Å². The lowest BCUT2D eigenvalue weighted by Crippen LogP contribution is -2.43. The Morgan fingerprint density at radius 3 is 2.50 bits per heavy atom. The highest BCUT2D eigenvalue weighted by molar-refractivity contribution is 14.0. The van der Waals surface area contributed by atoms with Gasteiger partial charge in [0.15, 0.2) is 5.96 Å². The molecule has 0 aromatic heterocycles. The van der Waals surface area contributed by atoms with Gasteiger partial charge in [-0.1, -0.05) is 37.3 Å². The molecule has 1 aromatic rings. The van der Waals surface area contributed by atoms with Gasteiger partial charge in [-0.25, -0.2) is 4.99 Å². The molecule has 0 saturated heterocycles. The molecule has 1 aromatic carbocycles. The number of likely N-dealkylation sites (N-methyl/N-ethyl adjacent to an activating group) is 1. The Morgan fingerprint density at radius 2 is 1.92 bits per heavy atom. The Balaban J connectivity index is 0.00000529. The van der Waals surface area contributed by atoms with E-state index in [4.69, 9.17) is 0 Å². The van der Waals surface area contributed by atoms with Gasteiger partial charge >= 0.3 is 0 Å². The Kier molecular flexibility index (Phi) is 12.3. The Hall–Kier alpha value is -1.31. The maximum atomic E-state index is 11.7. The van der Waals surface area contributed by atoms with Crippen LogP contribution in [0.1, 0.15) is 32.3 Å². The molecule has 0 aliphatic rings. The number of aryl methyl sites for hydroxylation is 1. The summed E-state index contributed by atoms with van der Waals surface area (Å²) in [5.74, 6) is 0.710. The molecule has 1 amide bonds. The fourth-order valence-electron chi connectivity index (χ4n) is 1.92. The molecule has 24 heavy (non-hydrogen) atoms. The molecule has 0 heterocycles. The number of halogens is 1. The van der Waals surface area contributed by atoms with Gasteiger partial charge in [0.25, 0.3) is 0 Å². The molecular formula is C18H31IN4O. The predicted octanol–water partition coefficient (Wildman–Crippen LogP) is 2.66. The molecule has 1 atom stereocenters. The molecule has 1 rings (SSSR count). The molecule has 0 fully saturated rings. The van der Waals surface area contributed by atoms with Crippen LogP contribution in [0.5, 0.6) is 0 Å². The number of guanidine groups is 1. The van der Waals surface area contributed by atoms with Crippen molar-refractivity contribution in [1.29, 1.82) is 0 Å². The number of benzene rings is 1. The van der Waals surface area contributed by atoms with Gasteiger partial charge in [0.2, 0.25) is 5.91 Å². The fraction of sp³-hybridized carbons (Fsp3) is 0.556. The number of hydrogen-bond donors (Lipinski definition) is 2. The van der Waals surface area contributed by atoms with Crippen LogP contribution < -0.4 is 10.6 Å². The summed E-state index contributed by atoms with van der Waals surface area (Å²) in [4.78, 5) is 17.6. The number of carbonyl (C=O) groups excluding carboxylic acids is 1. The second-order valence-corrected chi connectivity index (χ2v) is 5.92. The zero-order valence-electron chi connectivity index (χ0n) is 15.2. The lowest BCUT2D eigenvalue weighted by Gasteiger charge is -2.17. The van der Waals surface area contributed by atoms with Gasteiger partial charge in [0, 0.05) is 26.7 Å². The molecule has 0 spiro atoms. The van der Waals surface area contributed by atoms with Crippen molar-refractivity contribution in [2.45, 2.75) is 39.2 Å². The average Bonchev–Trinajstić information content (AvgIpc) is 2.56. The van der Waals surface area contributed by atoms with Gasteiger partial charge in [-0.2, -0.15) is 0 Å². The van der Waals surface area contributed by atoms with Crippen molar-refractivity contribution in [3.8, 4) is 0 Å². The van der Waals surface area contributed by atoms with Crippen molar-refractivity contribution in [3.05, 3.63) is 35.9 Å². The van der Waals surface area contributed by atoms with Crippen LogP contribution in [-0.2, 0) is 11.2 Å². The number of aliphatic imine (C=N–C) groups is 1. The molecular weight excluding hydrogens is 415 g/mol. The molecule has 0 bridgehead atoms. The second-order valence-electron chi connectivity index (χ2n) is 5.92. The molecule has 2 N–H and O–H groups in total. The number of carbonyl (C=O) groups is 1. The lowest BCUT2D eigenvalue weighted by atomic mass is 10.1. The third kappa shape index (κ3) is 9.75.